The number of benzene rings is 1. The third-order valence-corrected chi connectivity index (χ3v) is 3.35. The van der Waals surface area contributed by atoms with Gasteiger partial charge in [0.05, 0.1) is 11.9 Å². The van der Waals surface area contributed by atoms with Crippen LogP contribution in [-0.2, 0) is 0 Å². The van der Waals surface area contributed by atoms with Crippen LogP contribution in [-0.4, -0.2) is 40.4 Å². The van der Waals surface area contributed by atoms with E-state index in [0.717, 1.165) is 18.8 Å². The van der Waals surface area contributed by atoms with Gasteiger partial charge in [-0.15, -0.1) is 0 Å². The molecule has 1 aliphatic rings. The van der Waals surface area contributed by atoms with Crippen LogP contribution in [0.25, 0.3) is 5.69 Å². The predicted molar refractivity (Wildman–Crippen MR) is 73.9 cm³/mol. The van der Waals surface area contributed by atoms with E-state index < -0.39 is 0 Å². The second-order valence-corrected chi connectivity index (χ2v) is 4.88. The summed E-state index contributed by atoms with van der Waals surface area (Å²) in [6, 6.07) is 9.35. The van der Waals surface area contributed by atoms with Gasteiger partial charge in [0.2, 0.25) is 0 Å². The Morgan fingerprint density at radius 1 is 1.40 bits per heavy atom. The number of nitrogens with one attached hydrogen (secondary N) is 2. The Kier molecular flexibility index (Phi) is 3.39. The van der Waals surface area contributed by atoms with Gasteiger partial charge in [-0.1, -0.05) is 18.2 Å². The van der Waals surface area contributed by atoms with Gasteiger partial charge in [-0.2, -0.15) is 5.10 Å². The Morgan fingerprint density at radius 3 is 2.80 bits per heavy atom. The summed E-state index contributed by atoms with van der Waals surface area (Å²) in [7, 11) is 0. The van der Waals surface area contributed by atoms with Crippen LogP contribution in [0.5, 0.6) is 5.75 Å². The number of nitrogens with zero attached hydrogens (tertiary/aromatic N) is 2. The van der Waals surface area contributed by atoms with Crippen molar-refractivity contribution in [1.82, 2.24) is 20.4 Å². The van der Waals surface area contributed by atoms with Crippen molar-refractivity contribution in [2.45, 2.75) is 0 Å². The highest BCUT2D eigenvalue weighted by atomic mass is 16.3. The lowest BCUT2D eigenvalue weighted by molar-refractivity contribution is 0.0934. The van der Waals surface area contributed by atoms with Gasteiger partial charge in [0.15, 0.2) is 11.4 Å². The molecule has 0 aliphatic carbocycles. The van der Waals surface area contributed by atoms with Gasteiger partial charge in [-0.05, 0) is 12.1 Å². The molecule has 2 aromatic rings. The Balaban J connectivity index is 1.73. The topological polar surface area (TPSA) is 79.2 Å². The second-order valence-electron chi connectivity index (χ2n) is 4.88. The van der Waals surface area contributed by atoms with E-state index in [2.05, 4.69) is 15.7 Å². The van der Waals surface area contributed by atoms with E-state index in [1.54, 1.807) is 0 Å². The van der Waals surface area contributed by atoms with Crippen molar-refractivity contribution in [1.29, 1.82) is 0 Å². The molecule has 3 rings (SSSR count). The van der Waals surface area contributed by atoms with Crippen molar-refractivity contribution >= 4 is 5.91 Å². The molecule has 0 spiro atoms. The molecule has 3 N–H and O–H groups in total. The van der Waals surface area contributed by atoms with Crippen LogP contribution in [0.15, 0.2) is 36.5 Å². The van der Waals surface area contributed by atoms with Gasteiger partial charge < -0.3 is 15.7 Å². The third-order valence-electron chi connectivity index (χ3n) is 3.35. The number of para-hydroxylation sites is 1. The van der Waals surface area contributed by atoms with Crippen molar-refractivity contribution in [3.05, 3.63) is 42.2 Å². The van der Waals surface area contributed by atoms with Crippen LogP contribution in [0.4, 0.5) is 0 Å². The van der Waals surface area contributed by atoms with Crippen molar-refractivity contribution in [3.63, 3.8) is 0 Å². The SMILES string of the molecule is O=C(NCC1CNC1)c1nn(-c2ccccc2)cc1O. The Morgan fingerprint density at radius 2 is 2.15 bits per heavy atom. The molecule has 1 fully saturated rings. The van der Waals surface area contributed by atoms with Gasteiger partial charge in [-0.3, -0.25) is 4.79 Å². The monoisotopic (exact) mass is 272 g/mol. The average Bonchev–Trinajstić information content (AvgIpc) is 2.80. The lowest BCUT2D eigenvalue weighted by Gasteiger charge is -2.26. The zero-order chi connectivity index (χ0) is 13.9. The maximum absolute atomic E-state index is 12.0. The standard InChI is InChI=1S/C14H16N4O2/c19-12-9-18(11-4-2-1-3-5-11)17-13(12)14(20)16-8-10-6-15-7-10/h1-5,9-10,15,19H,6-8H2,(H,16,20). The lowest BCUT2D eigenvalue weighted by atomic mass is 10.0. The number of aromatic hydroxyl groups is 1. The van der Waals surface area contributed by atoms with E-state index in [9.17, 15) is 9.90 Å². The van der Waals surface area contributed by atoms with E-state index in [-0.39, 0.29) is 17.4 Å². The summed E-state index contributed by atoms with van der Waals surface area (Å²) in [5.41, 5.74) is 0.853. The zero-order valence-electron chi connectivity index (χ0n) is 10.9. The van der Waals surface area contributed by atoms with E-state index in [1.807, 2.05) is 30.3 Å². The molecule has 0 unspecified atom stereocenters. The first-order valence-electron chi connectivity index (χ1n) is 6.57. The van der Waals surface area contributed by atoms with Gasteiger partial charge in [0.1, 0.15) is 0 Å². The van der Waals surface area contributed by atoms with Crippen LogP contribution in [0.1, 0.15) is 10.5 Å². The van der Waals surface area contributed by atoms with Crippen LogP contribution < -0.4 is 10.6 Å². The molecule has 20 heavy (non-hydrogen) atoms. The normalized spacial score (nSPS) is 14.8. The first-order chi connectivity index (χ1) is 9.74. The van der Waals surface area contributed by atoms with Gasteiger partial charge >= 0.3 is 0 Å². The van der Waals surface area contributed by atoms with E-state index in [4.69, 9.17) is 0 Å². The van der Waals surface area contributed by atoms with Crippen LogP contribution in [0, 0.1) is 5.92 Å². The maximum atomic E-state index is 12.0. The summed E-state index contributed by atoms with van der Waals surface area (Å²) >= 11 is 0. The molecule has 1 saturated heterocycles. The van der Waals surface area contributed by atoms with Crippen molar-refractivity contribution < 1.29 is 9.90 Å². The molecule has 104 valence electrons. The Bertz CT molecular complexity index is 605. The molecule has 1 aromatic heterocycles. The number of carbonyl (C=O) groups is 1. The van der Waals surface area contributed by atoms with Gasteiger partial charge in [0, 0.05) is 25.6 Å². The molecule has 0 saturated carbocycles. The Hall–Kier alpha value is -2.34. The predicted octanol–water partition coefficient (Wildman–Crippen LogP) is 0.527. The second kappa shape index (κ2) is 5.34. The maximum Gasteiger partial charge on any atom is 0.275 e. The molecular formula is C14H16N4O2. The summed E-state index contributed by atoms with van der Waals surface area (Å²) in [6.45, 7) is 2.44. The first kappa shape index (κ1) is 12.7. The molecule has 1 aromatic carbocycles. The molecule has 6 heteroatoms. The summed E-state index contributed by atoms with van der Waals surface area (Å²) < 4.78 is 1.50. The van der Waals surface area contributed by atoms with Crippen molar-refractivity contribution in [2.75, 3.05) is 19.6 Å². The van der Waals surface area contributed by atoms with E-state index >= 15 is 0 Å². The molecule has 0 radical (unpaired) electrons. The minimum atomic E-state index is -0.343. The Labute approximate surface area is 116 Å². The van der Waals surface area contributed by atoms with Crippen molar-refractivity contribution in [2.24, 2.45) is 5.92 Å². The van der Waals surface area contributed by atoms with Gasteiger partial charge in [-0.25, -0.2) is 4.68 Å². The number of hydrogen-bond donors (Lipinski definition) is 3. The average molecular weight is 272 g/mol. The number of rotatable bonds is 4. The molecular weight excluding hydrogens is 256 g/mol. The fraction of sp³-hybridized carbons (Fsp3) is 0.286. The third kappa shape index (κ3) is 2.50. The van der Waals surface area contributed by atoms with Crippen LogP contribution >= 0.6 is 0 Å². The largest absolute Gasteiger partial charge is 0.504 e. The van der Waals surface area contributed by atoms with Crippen LogP contribution in [0.2, 0.25) is 0 Å². The molecule has 1 aliphatic heterocycles. The molecule has 6 nitrogen and oxygen atoms in total. The van der Waals surface area contributed by atoms with E-state index in [0.29, 0.717) is 12.5 Å². The lowest BCUT2D eigenvalue weighted by Crippen LogP contribution is -2.48. The summed E-state index contributed by atoms with van der Waals surface area (Å²) in [4.78, 5) is 12.0. The first-order valence-corrected chi connectivity index (χ1v) is 6.57. The summed E-state index contributed by atoms with van der Waals surface area (Å²) in [5.74, 6) is 0.0134. The summed E-state index contributed by atoms with van der Waals surface area (Å²) in [5, 5.41) is 19.9. The van der Waals surface area contributed by atoms with Crippen molar-refractivity contribution in [3.8, 4) is 11.4 Å². The number of aromatic nitrogens is 2. The number of amides is 1. The number of hydrogen-bond acceptors (Lipinski definition) is 4. The van der Waals surface area contributed by atoms with Gasteiger partial charge in [0.25, 0.3) is 5.91 Å². The highest BCUT2D eigenvalue weighted by molar-refractivity contribution is 5.94. The highest BCUT2D eigenvalue weighted by Gasteiger charge is 2.21. The van der Waals surface area contributed by atoms with Crippen LogP contribution in [0.3, 0.4) is 0 Å². The minimum absolute atomic E-state index is 0.0566. The molecule has 0 bridgehead atoms. The quantitative estimate of drug-likeness (QED) is 0.758. The molecule has 2 heterocycles. The molecule has 1 amide bonds. The molecule has 0 atom stereocenters. The minimum Gasteiger partial charge on any atom is -0.504 e. The zero-order valence-corrected chi connectivity index (χ0v) is 10.9. The fourth-order valence-electron chi connectivity index (χ4n) is 2.05. The van der Waals surface area contributed by atoms with E-state index in [1.165, 1.54) is 10.9 Å². The number of carbonyl (C=O) groups excluding carboxylic acids is 1. The smallest absolute Gasteiger partial charge is 0.275 e. The highest BCUT2D eigenvalue weighted by Crippen LogP contribution is 2.18. The summed E-state index contributed by atoms with van der Waals surface area (Å²) in [6.07, 6.45) is 1.44. The fourth-order valence-corrected chi connectivity index (χ4v) is 2.05.